The van der Waals surface area contributed by atoms with Gasteiger partial charge < -0.3 is 45.3 Å². The zero-order chi connectivity index (χ0) is 30.3. The zero-order valence-corrected chi connectivity index (χ0v) is 22.4. The van der Waals surface area contributed by atoms with E-state index in [1.807, 2.05) is 0 Å². The predicted octanol–water partition coefficient (Wildman–Crippen LogP) is 0.349. The van der Waals surface area contributed by atoms with Crippen LogP contribution in [-0.4, -0.2) is 94.7 Å². The van der Waals surface area contributed by atoms with E-state index in [1.165, 1.54) is 37.4 Å². The van der Waals surface area contributed by atoms with E-state index in [0.29, 0.717) is 5.02 Å². The lowest BCUT2D eigenvalue weighted by molar-refractivity contribution is -0.314. The minimum Gasteiger partial charge on any atom is -0.477 e. The maximum absolute atomic E-state index is 14.2. The number of benzene rings is 2. The average Bonchev–Trinajstić information content (AvgIpc) is 2.93. The van der Waals surface area contributed by atoms with E-state index in [1.54, 1.807) is 0 Å². The topological polar surface area (TPSA) is 184 Å². The molecule has 0 spiro atoms. The van der Waals surface area contributed by atoms with Crippen molar-refractivity contribution in [2.45, 2.75) is 49.3 Å². The van der Waals surface area contributed by atoms with Gasteiger partial charge in [-0.25, -0.2) is 13.6 Å². The number of carboxylic acids is 1. The fourth-order valence-corrected chi connectivity index (χ4v) is 4.29. The zero-order valence-electron chi connectivity index (χ0n) is 21.6. The van der Waals surface area contributed by atoms with Crippen LogP contribution in [0.3, 0.4) is 0 Å². The third-order valence-corrected chi connectivity index (χ3v) is 6.56. The summed E-state index contributed by atoms with van der Waals surface area (Å²) in [5.74, 6) is -8.43. The second kappa shape index (κ2) is 14.1. The van der Waals surface area contributed by atoms with Crippen LogP contribution < -0.4 is 10.6 Å². The Morgan fingerprint density at radius 1 is 1.17 bits per heavy atom. The quantitative estimate of drug-likeness (QED) is 0.198. The lowest BCUT2D eigenvalue weighted by Gasteiger charge is -2.46. The van der Waals surface area contributed by atoms with Gasteiger partial charge in [-0.3, -0.25) is 9.59 Å². The number of rotatable bonds is 12. The largest absolute Gasteiger partial charge is 0.477 e. The summed E-state index contributed by atoms with van der Waals surface area (Å²) in [6.45, 7) is -1.84. The number of halogens is 3. The number of carbonyl (C=O) groups excluding carboxylic acids is 2. The van der Waals surface area contributed by atoms with Gasteiger partial charge in [0.1, 0.15) is 18.8 Å². The van der Waals surface area contributed by atoms with Gasteiger partial charge in [0.25, 0.3) is 11.7 Å². The summed E-state index contributed by atoms with van der Waals surface area (Å²) in [5.41, 5.74) is -0.172. The van der Waals surface area contributed by atoms with Crippen molar-refractivity contribution in [2.75, 3.05) is 20.3 Å². The van der Waals surface area contributed by atoms with Crippen LogP contribution in [0.4, 0.5) is 8.78 Å². The number of ether oxygens (including phenoxy) is 3. The monoisotopic (exact) mass is 602 g/mol. The Hall–Kier alpha value is -3.24. The van der Waals surface area contributed by atoms with Crippen LogP contribution in [0.1, 0.15) is 22.3 Å². The molecule has 2 aromatic rings. The summed E-state index contributed by atoms with van der Waals surface area (Å²) >= 11 is 5.81. The molecule has 1 heterocycles. The lowest BCUT2D eigenvalue weighted by atomic mass is 9.88. The first kappa shape index (κ1) is 32.3. The Bertz CT molecular complexity index is 1240. The molecule has 1 aliphatic rings. The molecule has 3 rings (SSSR count). The van der Waals surface area contributed by atoms with Gasteiger partial charge in [0.15, 0.2) is 11.6 Å². The van der Waals surface area contributed by atoms with Gasteiger partial charge in [-0.1, -0.05) is 23.7 Å². The molecular weight excluding hydrogens is 574 g/mol. The minimum absolute atomic E-state index is 0.188. The van der Waals surface area contributed by atoms with Crippen molar-refractivity contribution < 1.29 is 57.8 Å². The number of methoxy groups -OCH3 is 1. The third kappa shape index (κ3) is 7.95. The number of hydrogen-bond acceptors (Lipinski definition) is 9. The van der Waals surface area contributed by atoms with E-state index in [2.05, 4.69) is 10.6 Å². The van der Waals surface area contributed by atoms with Crippen LogP contribution in [0.15, 0.2) is 42.5 Å². The number of carboxylic acid groups (broad SMARTS) is 1. The molecule has 12 nitrogen and oxygen atoms in total. The number of nitrogens with one attached hydrogen (secondary N) is 2. The number of aliphatic carboxylic acids is 1. The molecule has 0 saturated carbocycles. The number of aliphatic hydroxyl groups is 3. The van der Waals surface area contributed by atoms with Crippen molar-refractivity contribution in [1.29, 1.82) is 0 Å². The highest BCUT2D eigenvalue weighted by Crippen LogP contribution is 2.34. The Labute approximate surface area is 237 Å². The Morgan fingerprint density at radius 3 is 2.49 bits per heavy atom. The Balaban J connectivity index is 1.83. The number of hydrogen-bond donors (Lipinski definition) is 6. The van der Waals surface area contributed by atoms with Crippen LogP contribution in [0.5, 0.6) is 0 Å². The van der Waals surface area contributed by atoms with Crippen LogP contribution >= 0.6 is 11.6 Å². The predicted molar refractivity (Wildman–Crippen MR) is 137 cm³/mol. The molecule has 0 aliphatic carbocycles. The molecule has 0 bridgehead atoms. The van der Waals surface area contributed by atoms with Crippen molar-refractivity contribution in [3.8, 4) is 0 Å². The van der Waals surface area contributed by atoms with Crippen molar-refractivity contribution in [1.82, 2.24) is 10.6 Å². The molecule has 41 heavy (non-hydrogen) atoms. The summed E-state index contributed by atoms with van der Waals surface area (Å²) < 4.78 is 43.5. The summed E-state index contributed by atoms with van der Waals surface area (Å²) in [5, 5.41) is 47.6. The van der Waals surface area contributed by atoms with E-state index >= 15 is 0 Å². The molecule has 0 aromatic heterocycles. The summed E-state index contributed by atoms with van der Waals surface area (Å²) in [7, 11) is 1.22. The molecule has 6 atom stereocenters. The van der Waals surface area contributed by atoms with Crippen LogP contribution in [0.2, 0.25) is 5.02 Å². The molecule has 2 amide bonds. The second-order valence-corrected chi connectivity index (χ2v) is 9.65. The van der Waals surface area contributed by atoms with E-state index < -0.39 is 91.8 Å². The highest BCUT2D eigenvalue weighted by molar-refractivity contribution is 6.30. The van der Waals surface area contributed by atoms with Crippen LogP contribution in [-0.2, 0) is 30.4 Å². The van der Waals surface area contributed by atoms with Gasteiger partial charge in [0.05, 0.1) is 24.9 Å². The maximum atomic E-state index is 14.2. The molecular formula is C26H29ClF2N2O10. The van der Waals surface area contributed by atoms with Gasteiger partial charge in [-0.2, -0.15) is 0 Å². The Morgan fingerprint density at radius 2 is 1.85 bits per heavy atom. The van der Waals surface area contributed by atoms with E-state index in [0.717, 1.165) is 12.1 Å². The summed E-state index contributed by atoms with van der Waals surface area (Å²) in [6, 6.07) is 7.44. The molecule has 224 valence electrons. The first-order valence-electron chi connectivity index (χ1n) is 12.2. The first-order valence-corrected chi connectivity index (χ1v) is 12.6. The fourth-order valence-electron chi connectivity index (χ4n) is 4.17. The minimum atomic E-state index is -2.72. The smallest absolute Gasteiger partial charge is 0.364 e. The number of carbonyl (C=O) groups is 3. The summed E-state index contributed by atoms with van der Waals surface area (Å²) in [4.78, 5) is 37.0. The van der Waals surface area contributed by atoms with Crippen molar-refractivity contribution in [3.63, 3.8) is 0 Å². The highest BCUT2D eigenvalue weighted by atomic mass is 35.5. The van der Waals surface area contributed by atoms with Crippen molar-refractivity contribution in [3.05, 3.63) is 70.2 Å². The van der Waals surface area contributed by atoms with Gasteiger partial charge >= 0.3 is 5.97 Å². The van der Waals surface area contributed by atoms with Gasteiger partial charge in [0, 0.05) is 36.2 Å². The normalized spacial score (nSPS) is 23.8. The van der Waals surface area contributed by atoms with Crippen LogP contribution in [0.25, 0.3) is 0 Å². The maximum Gasteiger partial charge on any atom is 0.364 e. The first-order chi connectivity index (χ1) is 19.4. The standard InChI is InChI=1S/C26H29ClF2N2O10/c1-39-12-19(34)31-21-17(32)9-26(25(37)38,40-11-14-3-2-4-16(28)20(14)29)41-23(21)22(35)18(33)10-30-24(36)13-5-7-15(27)8-6-13/h2-8,17-18,21-23,32-33,35H,9-12H2,1H3,(H,30,36)(H,31,34)(H,37,38)/t17-,18-,21+,22+,23+,26-/m1/s1. The van der Waals surface area contributed by atoms with Crippen LogP contribution in [0, 0.1) is 11.6 Å². The fraction of sp³-hybridized carbons (Fsp3) is 0.423. The lowest BCUT2D eigenvalue weighted by Crippen LogP contribution is -2.68. The third-order valence-electron chi connectivity index (χ3n) is 6.30. The highest BCUT2D eigenvalue weighted by Gasteiger charge is 2.56. The number of aliphatic hydroxyl groups excluding tert-OH is 3. The van der Waals surface area contributed by atoms with Crippen molar-refractivity contribution >= 4 is 29.4 Å². The van der Waals surface area contributed by atoms with Gasteiger partial charge in [-0.05, 0) is 30.3 Å². The molecule has 2 aromatic carbocycles. The molecule has 0 unspecified atom stereocenters. The van der Waals surface area contributed by atoms with Gasteiger partial charge in [-0.15, -0.1) is 0 Å². The van der Waals surface area contributed by atoms with E-state index in [-0.39, 0.29) is 11.1 Å². The number of amides is 2. The molecule has 1 fully saturated rings. The average molecular weight is 603 g/mol. The second-order valence-electron chi connectivity index (χ2n) is 9.21. The van der Waals surface area contributed by atoms with E-state index in [9.17, 15) is 43.6 Å². The summed E-state index contributed by atoms with van der Waals surface area (Å²) in [6.07, 6.45) is -8.22. The van der Waals surface area contributed by atoms with Crippen molar-refractivity contribution in [2.24, 2.45) is 0 Å². The molecule has 15 heteroatoms. The molecule has 6 N–H and O–H groups in total. The SMILES string of the molecule is COCC(=O)N[C@@H]1[C@@H]([C@@H](O)[C@H](O)CNC(=O)c2ccc(Cl)cc2)O[C@@](OCc2cccc(F)c2F)(C(=O)O)C[C@H]1O. The molecule has 1 aliphatic heterocycles. The van der Waals surface area contributed by atoms with E-state index in [4.69, 9.17) is 25.8 Å². The molecule has 0 radical (unpaired) electrons. The van der Waals surface area contributed by atoms with Gasteiger partial charge in [0.2, 0.25) is 5.91 Å². The molecule has 1 saturated heterocycles. The Kier molecular flexibility index (Phi) is 11.1.